The van der Waals surface area contributed by atoms with Crippen molar-refractivity contribution < 1.29 is 13.2 Å². The molecule has 0 saturated heterocycles. The van der Waals surface area contributed by atoms with Gasteiger partial charge in [-0.3, -0.25) is 4.79 Å². The Morgan fingerprint density at radius 1 is 1.12 bits per heavy atom. The molecular weight excluding hydrogens is 324 g/mol. The van der Waals surface area contributed by atoms with Crippen LogP contribution in [0.1, 0.15) is 62.7 Å². The van der Waals surface area contributed by atoms with E-state index in [2.05, 4.69) is 5.32 Å². The van der Waals surface area contributed by atoms with Gasteiger partial charge in [0.25, 0.3) is 5.91 Å². The minimum absolute atomic E-state index is 0.180. The third kappa shape index (κ3) is 4.57. The third-order valence-corrected chi connectivity index (χ3v) is 6.68. The predicted octanol–water partition coefficient (Wildman–Crippen LogP) is 3.17. The van der Waals surface area contributed by atoms with Crippen LogP contribution in [0.3, 0.4) is 0 Å². The fourth-order valence-corrected chi connectivity index (χ4v) is 4.71. The number of hydrogen-bond acceptors (Lipinski definition) is 3. The molecule has 1 amide bonds. The highest BCUT2D eigenvalue weighted by molar-refractivity contribution is 7.89. The summed E-state index contributed by atoms with van der Waals surface area (Å²) in [6.07, 6.45) is 6.74. The summed E-state index contributed by atoms with van der Waals surface area (Å²) in [7, 11) is -3.54. The number of nitrogens with zero attached hydrogens (tertiary/aromatic N) is 1. The second-order valence-electron chi connectivity index (χ2n) is 6.28. The molecule has 1 aromatic rings. The molecule has 2 rings (SSSR count). The highest BCUT2D eigenvalue weighted by Gasteiger charge is 2.23. The van der Waals surface area contributed by atoms with Crippen molar-refractivity contribution >= 4 is 15.9 Å². The second-order valence-corrected chi connectivity index (χ2v) is 8.22. The Morgan fingerprint density at radius 3 is 2.33 bits per heavy atom. The normalized spacial score (nSPS) is 16.8. The molecule has 134 valence electrons. The lowest BCUT2D eigenvalue weighted by atomic mass is 10.1. The van der Waals surface area contributed by atoms with E-state index in [9.17, 15) is 13.2 Å². The number of nitrogens with one attached hydrogen (secondary N) is 1. The van der Waals surface area contributed by atoms with Crippen LogP contribution in [0.4, 0.5) is 0 Å². The molecule has 0 atom stereocenters. The first-order chi connectivity index (χ1) is 11.5. The fourth-order valence-electron chi connectivity index (χ4n) is 3.20. The molecule has 0 radical (unpaired) electrons. The lowest BCUT2D eigenvalue weighted by Crippen LogP contribution is -2.34. The highest BCUT2D eigenvalue weighted by atomic mass is 32.2. The maximum absolute atomic E-state index is 12.6. The van der Waals surface area contributed by atoms with Gasteiger partial charge in [-0.25, -0.2) is 8.42 Å². The molecule has 0 aromatic heterocycles. The van der Waals surface area contributed by atoms with Crippen molar-refractivity contribution in [1.82, 2.24) is 9.62 Å². The zero-order valence-corrected chi connectivity index (χ0v) is 15.4. The van der Waals surface area contributed by atoms with E-state index in [1.54, 1.807) is 18.2 Å². The van der Waals surface area contributed by atoms with Crippen LogP contribution in [-0.2, 0) is 10.0 Å². The molecule has 0 heterocycles. The van der Waals surface area contributed by atoms with Gasteiger partial charge in [-0.15, -0.1) is 0 Å². The molecule has 24 heavy (non-hydrogen) atoms. The Bertz CT molecular complexity index is 646. The quantitative estimate of drug-likeness (QED) is 0.800. The van der Waals surface area contributed by atoms with Gasteiger partial charge in [0, 0.05) is 24.7 Å². The van der Waals surface area contributed by atoms with Crippen LogP contribution in [0.2, 0.25) is 0 Å². The summed E-state index contributed by atoms with van der Waals surface area (Å²) in [5.74, 6) is -0.182. The number of carbonyl (C=O) groups is 1. The van der Waals surface area contributed by atoms with E-state index < -0.39 is 10.0 Å². The van der Waals surface area contributed by atoms with Gasteiger partial charge in [0.1, 0.15) is 0 Å². The van der Waals surface area contributed by atoms with Gasteiger partial charge in [0.05, 0.1) is 4.90 Å². The topological polar surface area (TPSA) is 66.5 Å². The van der Waals surface area contributed by atoms with Crippen molar-refractivity contribution in [1.29, 1.82) is 0 Å². The largest absolute Gasteiger partial charge is 0.349 e. The van der Waals surface area contributed by atoms with E-state index >= 15 is 0 Å². The Balaban J connectivity index is 2.15. The molecule has 1 N–H and O–H groups in total. The first-order valence-electron chi connectivity index (χ1n) is 8.90. The molecule has 0 unspecified atom stereocenters. The second kappa shape index (κ2) is 8.62. The standard InChI is InChI=1S/C18H28N2O3S/c1-3-20(4-2)24(22,23)17-13-9-10-15(14-17)18(21)19-16-11-7-5-6-8-12-16/h9-10,13-14,16H,3-8,11-12H2,1-2H3,(H,19,21). The van der Waals surface area contributed by atoms with E-state index in [1.165, 1.54) is 23.2 Å². The van der Waals surface area contributed by atoms with Crippen LogP contribution >= 0.6 is 0 Å². The number of rotatable bonds is 6. The first kappa shape index (κ1) is 18.9. The summed E-state index contributed by atoms with van der Waals surface area (Å²) in [5.41, 5.74) is 0.410. The number of hydrogen-bond donors (Lipinski definition) is 1. The Hall–Kier alpha value is -1.40. The molecular formula is C18H28N2O3S. The minimum atomic E-state index is -3.54. The van der Waals surface area contributed by atoms with Gasteiger partial charge >= 0.3 is 0 Å². The van der Waals surface area contributed by atoms with Crippen molar-refractivity contribution in [2.45, 2.75) is 63.3 Å². The summed E-state index contributed by atoms with van der Waals surface area (Å²) in [6, 6.07) is 6.55. The molecule has 1 aliphatic rings. The minimum Gasteiger partial charge on any atom is -0.349 e. The van der Waals surface area contributed by atoms with Gasteiger partial charge < -0.3 is 5.32 Å². The van der Waals surface area contributed by atoms with Crippen LogP contribution in [-0.4, -0.2) is 37.8 Å². The average molecular weight is 353 g/mol. The van der Waals surface area contributed by atoms with Gasteiger partial charge in [-0.1, -0.05) is 45.6 Å². The summed E-state index contributed by atoms with van der Waals surface area (Å²) in [6.45, 7) is 4.45. The summed E-state index contributed by atoms with van der Waals surface area (Å²) in [4.78, 5) is 12.7. The Kier molecular flexibility index (Phi) is 6.80. The number of carbonyl (C=O) groups excluding carboxylic acids is 1. The van der Waals surface area contributed by atoms with Crippen molar-refractivity contribution in [3.63, 3.8) is 0 Å². The number of benzene rings is 1. The molecule has 1 fully saturated rings. The van der Waals surface area contributed by atoms with Crippen molar-refractivity contribution in [3.05, 3.63) is 29.8 Å². The highest BCUT2D eigenvalue weighted by Crippen LogP contribution is 2.19. The fraction of sp³-hybridized carbons (Fsp3) is 0.611. The number of sulfonamides is 1. The molecule has 5 nitrogen and oxygen atoms in total. The van der Waals surface area contributed by atoms with Gasteiger partial charge in [0.2, 0.25) is 10.0 Å². The van der Waals surface area contributed by atoms with E-state index in [4.69, 9.17) is 0 Å². The molecule has 6 heteroatoms. The Labute approximate surface area is 145 Å². The molecule has 0 spiro atoms. The van der Waals surface area contributed by atoms with Gasteiger partial charge in [0.15, 0.2) is 0 Å². The monoisotopic (exact) mass is 352 g/mol. The lowest BCUT2D eigenvalue weighted by molar-refractivity contribution is 0.0933. The zero-order valence-electron chi connectivity index (χ0n) is 14.6. The van der Waals surface area contributed by atoms with Crippen molar-refractivity contribution in [2.24, 2.45) is 0 Å². The van der Waals surface area contributed by atoms with Crippen LogP contribution < -0.4 is 5.32 Å². The molecule has 0 bridgehead atoms. The smallest absolute Gasteiger partial charge is 0.251 e. The average Bonchev–Trinajstić information content (AvgIpc) is 2.84. The summed E-state index contributed by atoms with van der Waals surface area (Å²) in [5, 5.41) is 3.06. The summed E-state index contributed by atoms with van der Waals surface area (Å²) >= 11 is 0. The Morgan fingerprint density at radius 2 is 1.75 bits per heavy atom. The zero-order chi connectivity index (χ0) is 17.6. The van der Waals surface area contributed by atoms with Crippen LogP contribution in [0, 0.1) is 0 Å². The maximum atomic E-state index is 12.6. The molecule has 1 aromatic carbocycles. The van der Waals surface area contributed by atoms with Gasteiger partial charge in [-0.2, -0.15) is 4.31 Å². The van der Waals surface area contributed by atoms with Gasteiger partial charge in [-0.05, 0) is 31.0 Å². The van der Waals surface area contributed by atoms with Crippen LogP contribution in [0.25, 0.3) is 0 Å². The third-order valence-electron chi connectivity index (χ3n) is 4.63. The van der Waals surface area contributed by atoms with Crippen molar-refractivity contribution in [2.75, 3.05) is 13.1 Å². The molecule has 1 aliphatic carbocycles. The van der Waals surface area contributed by atoms with E-state index in [0.717, 1.165) is 25.7 Å². The van der Waals surface area contributed by atoms with Crippen LogP contribution in [0.15, 0.2) is 29.2 Å². The number of amides is 1. The van der Waals surface area contributed by atoms with E-state index in [-0.39, 0.29) is 16.8 Å². The maximum Gasteiger partial charge on any atom is 0.251 e. The molecule has 1 saturated carbocycles. The van der Waals surface area contributed by atoms with E-state index in [1.807, 2.05) is 13.8 Å². The predicted molar refractivity (Wildman–Crippen MR) is 95.5 cm³/mol. The first-order valence-corrected chi connectivity index (χ1v) is 10.3. The molecule has 0 aliphatic heterocycles. The summed E-state index contributed by atoms with van der Waals surface area (Å²) < 4.78 is 26.6. The lowest BCUT2D eigenvalue weighted by Gasteiger charge is -2.19. The SMILES string of the molecule is CCN(CC)S(=O)(=O)c1cccc(C(=O)NC2CCCCCC2)c1. The van der Waals surface area contributed by atoms with Crippen LogP contribution in [0.5, 0.6) is 0 Å². The van der Waals surface area contributed by atoms with E-state index in [0.29, 0.717) is 18.7 Å². The van der Waals surface area contributed by atoms with Crippen molar-refractivity contribution in [3.8, 4) is 0 Å².